The molecule has 1 unspecified atom stereocenters. The van der Waals surface area contributed by atoms with Crippen molar-refractivity contribution in [1.82, 2.24) is 15.1 Å². The van der Waals surface area contributed by atoms with E-state index in [2.05, 4.69) is 15.1 Å². The van der Waals surface area contributed by atoms with E-state index in [-0.39, 0.29) is 36.5 Å². The number of pyridine rings is 1. The van der Waals surface area contributed by atoms with Gasteiger partial charge in [-0.15, -0.1) is 0 Å². The number of hydrogen-bond acceptors (Lipinski definition) is 6. The van der Waals surface area contributed by atoms with E-state index in [9.17, 15) is 32.6 Å². The number of carbonyl (C=O) groups is 1. The fourth-order valence-electron chi connectivity index (χ4n) is 7.34. The summed E-state index contributed by atoms with van der Waals surface area (Å²) in [5.41, 5.74) is -6.47. The molecule has 3 fully saturated rings. The van der Waals surface area contributed by atoms with Gasteiger partial charge < -0.3 is 14.7 Å². The summed E-state index contributed by atoms with van der Waals surface area (Å²) in [6.45, 7) is 7.74. The Morgan fingerprint density at radius 2 is 1.52 bits per heavy atom. The molecule has 46 heavy (non-hydrogen) atoms. The Hall–Kier alpha value is -3.61. The Balaban J connectivity index is 1.57. The molecule has 2 aromatic heterocycles. The highest BCUT2D eigenvalue weighted by molar-refractivity contribution is 5.87. The molecule has 3 aromatic rings. The van der Waals surface area contributed by atoms with E-state index in [1.165, 1.54) is 13.8 Å². The fraction of sp³-hybridized carbons (Fsp3) is 0.576. The van der Waals surface area contributed by atoms with Crippen LogP contribution in [0, 0.1) is 16.6 Å². The number of benzene rings is 1. The lowest BCUT2D eigenvalue weighted by Crippen LogP contribution is -2.65. The van der Waals surface area contributed by atoms with Crippen molar-refractivity contribution in [3.8, 4) is 11.1 Å². The van der Waals surface area contributed by atoms with Crippen LogP contribution in [0.4, 0.5) is 32.6 Å². The third-order valence-electron chi connectivity index (χ3n) is 10.2. The molecule has 0 radical (unpaired) electrons. The number of alkyl halides is 4. The zero-order valence-corrected chi connectivity index (χ0v) is 26.7. The van der Waals surface area contributed by atoms with E-state index in [0.29, 0.717) is 41.1 Å². The van der Waals surface area contributed by atoms with Gasteiger partial charge in [-0.2, -0.15) is 18.2 Å². The number of amides is 1. The molecule has 1 amide bonds. The summed E-state index contributed by atoms with van der Waals surface area (Å²) in [4.78, 5) is 22.0. The maximum absolute atomic E-state index is 15.2. The van der Waals surface area contributed by atoms with Crippen molar-refractivity contribution in [2.75, 3.05) is 4.90 Å². The molecule has 0 spiro atoms. The Morgan fingerprint density at radius 3 is 1.98 bits per heavy atom. The molecule has 0 aliphatic heterocycles. The molecule has 250 valence electrons. The summed E-state index contributed by atoms with van der Waals surface area (Å²) in [5, 5.41) is 24.9. The highest BCUT2D eigenvalue weighted by Gasteiger charge is 2.65. The minimum absolute atomic E-state index is 0.0467. The monoisotopic (exact) mass is 650 g/mol. The molecule has 8 nitrogen and oxygen atoms in total. The molecule has 1 atom stereocenters. The van der Waals surface area contributed by atoms with Crippen LogP contribution in [0.15, 0.2) is 41.1 Å². The maximum atomic E-state index is 15.2. The molecule has 13 heteroatoms. The lowest BCUT2D eigenvalue weighted by Gasteiger charge is -2.60. The minimum Gasteiger partial charge on any atom is -0.465 e. The Labute approximate surface area is 264 Å². The first-order chi connectivity index (χ1) is 21.1. The molecular formula is C33H39F5N4O4. The predicted molar refractivity (Wildman–Crippen MR) is 159 cm³/mol. The number of rotatable bonds is 8. The molecule has 2 heterocycles. The minimum atomic E-state index is -4.81. The number of anilines is 1. The smallest absolute Gasteiger partial charge is 0.413 e. The highest BCUT2D eigenvalue weighted by Crippen LogP contribution is 2.63. The lowest BCUT2D eigenvalue weighted by atomic mass is 9.48. The average Bonchev–Trinajstić information content (AvgIpc) is 3.48. The van der Waals surface area contributed by atoms with Gasteiger partial charge >= 0.3 is 12.3 Å². The standard InChI is InChI=1S/C33H39F5N4O4/c1-28(2,33(36,37)38)24(31-11-14-32(15-12-31,16-13-31)25-40-26(46-41-25)29(3,4)35)42(27(43)44)23-17-21(22(34)18-39-23)19-7-9-20(10-8-19)30(5,6)45/h7-10,17-18,24,45H,11-16H2,1-6H3,(H,43,44). The van der Waals surface area contributed by atoms with Gasteiger partial charge in [0.25, 0.3) is 5.89 Å². The first-order valence-electron chi connectivity index (χ1n) is 15.2. The first-order valence-corrected chi connectivity index (χ1v) is 15.2. The van der Waals surface area contributed by atoms with Gasteiger partial charge in [0.2, 0.25) is 0 Å². The summed E-state index contributed by atoms with van der Waals surface area (Å²) in [6.07, 6.45) is -3.92. The van der Waals surface area contributed by atoms with Crippen molar-refractivity contribution in [3.63, 3.8) is 0 Å². The maximum Gasteiger partial charge on any atom is 0.413 e. The Morgan fingerprint density at radius 1 is 0.957 bits per heavy atom. The molecule has 3 aliphatic rings. The van der Waals surface area contributed by atoms with Crippen molar-refractivity contribution in [2.45, 2.75) is 109 Å². The second-order valence-electron chi connectivity index (χ2n) is 14.5. The van der Waals surface area contributed by atoms with Gasteiger partial charge in [-0.05, 0) is 103 Å². The van der Waals surface area contributed by atoms with Gasteiger partial charge in [0.15, 0.2) is 11.5 Å². The SMILES string of the molecule is CC(C)(O)c1ccc(-c2cc(N(C(=O)O)C(C34CCC(c5noc(C(C)(C)F)n5)(CC3)CC4)C(C)(C)C(F)(F)F)ncc2F)cc1. The zero-order chi connectivity index (χ0) is 34.1. The zero-order valence-electron chi connectivity index (χ0n) is 26.7. The van der Waals surface area contributed by atoms with Gasteiger partial charge in [0.05, 0.1) is 23.3 Å². The van der Waals surface area contributed by atoms with Crippen molar-refractivity contribution >= 4 is 11.9 Å². The molecule has 3 aliphatic carbocycles. The van der Waals surface area contributed by atoms with E-state index >= 15 is 4.39 Å². The average molecular weight is 651 g/mol. The quantitative estimate of drug-likeness (QED) is 0.235. The molecule has 1 aromatic carbocycles. The highest BCUT2D eigenvalue weighted by atomic mass is 19.4. The van der Waals surface area contributed by atoms with Crippen molar-refractivity contribution in [3.05, 3.63) is 59.6 Å². The van der Waals surface area contributed by atoms with Gasteiger partial charge in [-0.1, -0.05) is 29.4 Å². The van der Waals surface area contributed by atoms with Crippen molar-refractivity contribution < 1.29 is 41.5 Å². The van der Waals surface area contributed by atoms with Crippen LogP contribution in [0.3, 0.4) is 0 Å². The summed E-state index contributed by atoms with van der Waals surface area (Å²) < 4.78 is 79.6. The normalized spacial score (nSPS) is 23.0. The lowest BCUT2D eigenvalue weighted by molar-refractivity contribution is -0.233. The number of halogens is 5. The van der Waals surface area contributed by atoms with E-state index in [1.807, 2.05) is 0 Å². The molecule has 2 bridgehead atoms. The number of aliphatic hydroxyl groups is 1. The Bertz CT molecular complexity index is 1580. The number of aromatic nitrogens is 3. The van der Waals surface area contributed by atoms with E-state index in [4.69, 9.17) is 4.52 Å². The fourth-order valence-corrected chi connectivity index (χ4v) is 7.34. The molecule has 3 saturated carbocycles. The predicted octanol–water partition coefficient (Wildman–Crippen LogP) is 8.44. The van der Waals surface area contributed by atoms with E-state index < -0.39 is 51.6 Å². The number of hydrogen-bond donors (Lipinski definition) is 2. The molecule has 2 N–H and O–H groups in total. The molecular weight excluding hydrogens is 611 g/mol. The van der Waals surface area contributed by atoms with Crippen LogP contribution in [0.25, 0.3) is 11.1 Å². The van der Waals surface area contributed by atoms with Crippen LogP contribution in [0.5, 0.6) is 0 Å². The van der Waals surface area contributed by atoms with E-state index in [0.717, 1.165) is 26.1 Å². The Kier molecular flexibility index (Phi) is 8.06. The van der Waals surface area contributed by atoms with Crippen molar-refractivity contribution in [1.29, 1.82) is 0 Å². The third kappa shape index (κ3) is 5.75. The number of nitrogens with zero attached hydrogens (tertiary/aromatic N) is 4. The summed E-state index contributed by atoms with van der Waals surface area (Å²) >= 11 is 0. The summed E-state index contributed by atoms with van der Waals surface area (Å²) in [6, 6.07) is 5.82. The van der Waals surface area contributed by atoms with Crippen LogP contribution >= 0.6 is 0 Å². The summed E-state index contributed by atoms with van der Waals surface area (Å²) in [7, 11) is 0. The van der Waals surface area contributed by atoms with Crippen LogP contribution in [0.2, 0.25) is 0 Å². The first kappa shape index (κ1) is 33.7. The number of carboxylic acid groups (broad SMARTS) is 1. The third-order valence-corrected chi connectivity index (χ3v) is 10.2. The van der Waals surface area contributed by atoms with Gasteiger partial charge in [0, 0.05) is 11.0 Å². The van der Waals surface area contributed by atoms with Gasteiger partial charge in [0.1, 0.15) is 11.6 Å². The van der Waals surface area contributed by atoms with E-state index in [1.54, 1.807) is 38.1 Å². The molecule has 0 saturated heterocycles. The second-order valence-corrected chi connectivity index (χ2v) is 14.5. The molecule has 6 rings (SSSR count). The number of fused-ring (bicyclic) bond motifs is 3. The van der Waals surface area contributed by atoms with Gasteiger partial charge in [-0.3, -0.25) is 4.90 Å². The largest absolute Gasteiger partial charge is 0.465 e. The second kappa shape index (κ2) is 11.0. The van der Waals surface area contributed by atoms with Crippen LogP contribution < -0.4 is 4.90 Å². The van der Waals surface area contributed by atoms with Gasteiger partial charge in [-0.25, -0.2) is 18.6 Å². The van der Waals surface area contributed by atoms with Crippen molar-refractivity contribution in [2.24, 2.45) is 10.8 Å². The van der Waals surface area contributed by atoms with Crippen LogP contribution in [-0.4, -0.2) is 43.6 Å². The summed E-state index contributed by atoms with van der Waals surface area (Å²) in [5.74, 6) is -0.988. The van der Waals surface area contributed by atoms with Crippen LogP contribution in [0.1, 0.15) is 97.3 Å². The van der Waals surface area contributed by atoms with Crippen LogP contribution in [-0.2, 0) is 16.7 Å². The topological polar surface area (TPSA) is 113 Å².